The highest BCUT2D eigenvalue weighted by Gasteiger charge is 2.38. The number of rotatable bonds is 2. The molecule has 2 aromatic rings. The number of anilines is 1. The van der Waals surface area contributed by atoms with Crippen molar-refractivity contribution in [1.29, 1.82) is 0 Å². The van der Waals surface area contributed by atoms with Crippen LogP contribution in [0.1, 0.15) is 5.89 Å². The Kier molecular flexibility index (Phi) is 4.12. The smallest absolute Gasteiger partial charge is 0.355 e. The van der Waals surface area contributed by atoms with Gasteiger partial charge in [0.25, 0.3) is 0 Å². The topological polar surface area (TPSA) is 54.2 Å². The zero-order valence-electron chi connectivity index (χ0n) is 11.1. The van der Waals surface area contributed by atoms with Gasteiger partial charge in [0.1, 0.15) is 0 Å². The zero-order chi connectivity index (χ0) is 15.6. The first-order valence-corrected chi connectivity index (χ1v) is 6.18. The molecule has 0 aliphatic heterocycles. The molecule has 0 fully saturated rings. The second-order valence-electron chi connectivity index (χ2n) is 4.32. The second-order valence-corrected chi connectivity index (χ2v) is 4.71. The quantitative estimate of drug-likeness (QED) is 0.860. The monoisotopic (exact) mass is 316 g/mol. The lowest BCUT2D eigenvalue weighted by Crippen LogP contribution is -2.26. The van der Waals surface area contributed by atoms with Crippen LogP contribution in [0.15, 0.2) is 28.8 Å². The summed E-state index contributed by atoms with van der Waals surface area (Å²) < 4.78 is 41.3. The van der Waals surface area contributed by atoms with Gasteiger partial charge in [-0.1, -0.05) is 5.16 Å². The highest BCUT2D eigenvalue weighted by molar-refractivity contribution is 7.80. The maximum absolute atomic E-state index is 12.4. The number of benzene rings is 1. The summed E-state index contributed by atoms with van der Waals surface area (Å²) in [5.74, 6) is -1.49. The first kappa shape index (κ1) is 15.2. The number of nitrogens with zero attached hydrogens (tertiary/aromatic N) is 3. The summed E-state index contributed by atoms with van der Waals surface area (Å²) in [6.07, 6.45) is -4.65. The molecule has 112 valence electrons. The summed E-state index contributed by atoms with van der Waals surface area (Å²) in [5.41, 5.74) is 1.12. The molecule has 1 aromatic heterocycles. The molecule has 0 atom stereocenters. The molecular weight excluding hydrogens is 305 g/mol. The Morgan fingerprint density at radius 2 is 1.86 bits per heavy atom. The van der Waals surface area contributed by atoms with Gasteiger partial charge in [-0.15, -0.1) is 0 Å². The average molecular weight is 316 g/mol. The summed E-state index contributed by atoms with van der Waals surface area (Å²) >= 11 is 5.08. The molecule has 0 unspecified atom stereocenters. The Labute approximate surface area is 123 Å². The van der Waals surface area contributed by atoms with Gasteiger partial charge in [-0.05, 0) is 36.5 Å². The van der Waals surface area contributed by atoms with Gasteiger partial charge in [-0.3, -0.25) is 0 Å². The van der Waals surface area contributed by atoms with Crippen molar-refractivity contribution >= 4 is 23.0 Å². The first-order valence-electron chi connectivity index (χ1n) is 5.77. The van der Waals surface area contributed by atoms with Gasteiger partial charge in [-0.2, -0.15) is 18.2 Å². The van der Waals surface area contributed by atoms with Crippen LogP contribution in [0, 0.1) is 0 Å². The van der Waals surface area contributed by atoms with Gasteiger partial charge in [0.2, 0.25) is 5.82 Å². The third kappa shape index (κ3) is 3.69. The summed E-state index contributed by atoms with van der Waals surface area (Å²) in [4.78, 5) is 5.03. The van der Waals surface area contributed by atoms with E-state index < -0.39 is 12.1 Å². The minimum atomic E-state index is -4.65. The summed E-state index contributed by atoms with van der Waals surface area (Å²) in [5, 5.41) is 6.79. The van der Waals surface area contributed by atoms with Crippen LogP contribution in [-0.2, 0) is 6.18 Å². The molecule has 0 spiro atoms. The van der Waals surface area contributed by atoms with E-state index in [2.05, 4.69) is 20.0 Å². The molecule has 0 radical (unpaired) electrons. The van der Waals surface area contributed by atoms with Crippen LogP contribution < -0.4 is 5.32 Å². The van der Waals surface area contributed by atoms with Gasteiger partial charge in [0.05, 0.1) is 0 Å². The maximum atomic E-state index is 12.4. The number of alkyl halides is 3. The van der Waals surface area contributed by atoms with Crippen molar-refractivity contribution in [2.45, 2.75) is 6.18 Å². The Bertz CT molecular complexity index is 637. The van der Waals surface area contributed by atoms with Crippen LogP contribution in [0.2, 0.25) is 0 Å². The number of thiocarbonyl (C=S) groups is 1. The highest BCUT2D eigenvalue weighted by Crippen LogP contribution is 2.29. The highest BCUT2D eigenvalue weighted by atomic mass is 32.1. The summed E-state index contributed by atoms with van der Waals surface area (Å²) in [6, 6.07) is 6.47. The number of aromatic nitrogens is 2. The molecule has 0 aliphatic rings. The molecule has 1 heterocycles. The fourth-order valence-electron chi connectivity index (χ4n) is 1.39. The van der Waals surface area contributed by atoms with Crippen molar-refractivity contribution in [2.24, 2.45) is 0 Å². The molecule has 5 nitrogen and oxygen atoms in total. The lowest BCUT2D eigenvalue weighted by atomic mass is 10.2. The fraction of sp³-hybridized carbons (Fsp3) is 0.250. The van der Waals surface area contributed by atoms with Crippen LogP contribution in [0.4, 0.5) is 18.9 Å². The van der Waals surface area contributed by atoms with Gasteiger partial charge in [0, 0.05) is 25.3 Å². The number of halogens is 3. The number of hydrogen-bond acceptors (Lipinski definition) is 4. The van der Waals surface area contributed by atoms with Crippen LogP contribution in [-0.4, -0.2) is 34.2 Å². The lowest BCUT2D eigenvalue weighted by molar-refractivity contribution is -0.159. The lowest BCUT2D eigenvalue weighted by Gasteiger charge is -2.15. The van der Waals surface area contributed by atoms with E-state index in [1.165, 1.54) is 0 Å². The van der Waals surface area contributed by atoms with Crippen molar-refractivity contribution in [3.05, 3.63) is 30.2 Å². The van der Waals surface area contributed by atoms with Crippen molar-refractivity contribution < 1.29 is 17.7 Å². The zero-order valence-corrected chi connectivity index (χ0v) is 11.9. The van der Waals surface area contributed by atoms with Crippen molar-refractivity contribution in [1.82, 2.24) is 15.0 Å². The molecule has 0 saturated heterocycles. The molecule has 1 aromatic carbocycles. The Morgan fingerprint density at radius 3 is 2.33 bits per heavy atom. The molecule has 0 bridgehead atoms. The van der Waals surface area contributed by atoms with Crippen LogP contribution >= 0.6 is 12.2 Å². The van der Waals surface area contributed by atoms with E-state index in [9.17, 15) is 13.2 Å². The summed E-state index contributed by atoms with van der Waals surface area (Å²) in [6.45, 7) is 0. The fourth-order valence-corrected chi connectivity index (χ4v) is 1.51. The average Bonchev–Trinajstić information content (AvgIpc) is 2.89. The van der Waals surface area contributed by atoms with Gasteiger partial charge in [-0.25, -0.2) is 0 Å². The standard InChI is InChI=1S/C12H11F3N4OS/c1-19(2)11(21)16-8-5-3-7(4-6-8)9-17-10(20-18-9)12(13,14)15/h3-6H,1-2H3,(H,16,21). The van der Waals surface area contributed by atoms with Gasteiger partial charge in [0.15, 0.2) is 5.11 Å². The molecule has 21 heavy (non-hydrogen) atoms. The molecular formula is C12H11F3N4OS. The van der Waals surface area contributed by atoms with Crippen LogP contribution in [0.3, 0.4) is 0 Å². The van der Waals surface area contributed by atoms with Gasteiger partial charge < -0.3 is 14.7 Å². The minimum Gasteiger partial charge on any atom is -0.355 e. The summed E-state index contributed by atoms with van der Waals surface area (Å²) in [7, 11) is 3.59. The Balaban J connectivity index is 2.16. The molecule has 0 aliphatic carbocycles. The van der Waals surface area contributed by atoms with E-state index in [0.29, 0.717) is 16.4 Å². The second kappa shape index (κ2) is 5.68. The third-order valence-electron chi connectivity index (χ3n) is 2.47. The van der Waals surface area contributed by atoms with Crippen molar-refractivity contribution in [3.63, 3.8) is 0 Å². The predicted octanol–water partition coefficient (Wildman–Crippen LogP) is 3.01. The largest absolute Gasteiger partial charge is 0.471 e. The molecule has 1 N–H and O–H groups in total. The van der Waals surface area contributed by atoms with E-state index >= 15 is 0 Å². The molecule has 9 heteroatoms. The van der Waals surface area contributed by atoms with E-state index in [-0.39, 0.29) is 5.82 Å². The van der Waals surface area contributed by atoms with E-state index in [1.807, 2.05) is 0 Å². The van der Waals surface area contributed by atoms with E-state index in [1.54, 1.807) is 43.3 Å². The van der Waals surface area contributed by atoms with E-state index in [0.717, 1.165) is 0 Å². The SMILES string of the molecule is CN(C)C(=S)Nc1ccc(-c2noc(C(F)(F)F)n2)cc1. The predicted molar refractivity (Wildman–Crippen MR) is 74.6 cm³/mol. The van der Waals surface area contributed by atoms with Crippen LogP contribution in [0.5, 0.6) is 0 Å². The number of nitrogens with one attached hydrogen (secondary N) is 1. The minimum absolute atomic E-state index is 0.121. The normalized spacial score (nSPS) is 11.3. The van der Waals surface area contributed by atoms with Crippen molar-refractivity contribution in [3.8, 4) is 11.4 Å². The van der Waals surface area contributed by atoms with Crippen LogP contribution in [0.25, 0.3) is 11.4 Å². The third-order valence-corrected chi connectivity index (χ3v) is 2.94. The molecule has 2 rings (SSSR count). The first-order chi connectivity index (χ1) is 9.77. The van der Waals surface area contributed by atoms with E-state index in [4.69, 9.17) is 12.2 Å². The number of hydrogen-bond donors (Lipinski definition) is 1. The molecule has 0 saturated carbocycles. The van der Waals surface area contributed by atoms with Gasteiger partial charge >= 0.3 is 12.1 Å². The Hall–Kier alpha value is -2.16. The van der Waals surface area contributed by atoms with Crippen molar-refractivity contribution in [2.75, 3.05) is 19.4 Å². The maximum Gasteiger partial charge on any atom is 0.471 e. The Morgan fingerprint density at radius 1 is 1.24 bits per heavy atom. The molecule has 0 amide bonds.